The van der Waals surface area contributed by atoms with Crippen LogP contribution in [0.1, 0.15) is 61.6 Å². The lowest BCUT2D eigenvalue weighted by Gasteiger charge is -2.30. The Morgan fingerprint density at radius 3 is 2.62 bits per heavy atom. The van der Waals surface area contributed by atoms with E-state index in [4.69, 9.17) is 4.98 Å². The minimum Gasteiger partial charge on any atom is -0.478 e. The monoisotopic (exact) mass is 290 g/mol. The highest BCUT2D eigenvalue weighted by Crippen LogP contribution is 2.28. The summed E-state index contributed by atoms with van der Waals surface area (Å²) in [6.45, 7) is 6.50. The lowest BCUT2D eigenvalue weighted by atomic mass is 9.94. The van der Waals surface area contributed by atoms with Crippen LogP contribution in [0.5, 0.6) is 0 Å². The number of pyridine rings is 1. The van der Waals surface area contributed by atoms with E-state index in [1.54, 1.807) is 0 Å². The van der Waals surface area contributed by atoms with Crippen molar-refractivity contribution in [2.45, 2.75) is 58.9 Å². The molecule has 0 radical (unpaired) electrons. The zero-order valence-electron chi connectivity index (χ0n) is 13.5. The van der Waals surface area contributed by atoms with Gasteiger partial charge in [0.25, 0.3) is 0 Å². The normalized spacial score (nSPS) is 15.7. The number of rotatable bonds is 5. The number of nitrogens with zero attached hydrogens (tertiary/aromatic N) is 2. The van der Waals surface area contributed by atoms with Gasteiger partial charge in [0.2, 0.25) is 0 Å². The molecule has 1 unspecified atom stereocenters. The topological polar surface area (TPSA) is 53.4 Å². The zero-order valence-corrected chi connectivity index (χ0v) is 13.5. The maximum absolute atomic E-state index is 11.6. The van der Waals surface area contributed by atoms with Crippen LogP contribution in [0.2, 0.25) is 0 Å². The van der Waals surface area contributed by atoms with Crippen molar-refractivity contribution in [3.8, 4) is 0 Å². The summed E-state index contributed by atoms with van der Waals surface area (Å²) in [6, 6.07) is 2.12. The minimum absolute atomic E-state index is 0.275. The number of fused-ring (bicyclic) bond motifs is 1. The van der Waals surface area contributed by atoms with Gasteiger partial charge < -0.3 is 10.0 Å². The molecule has 21 heavy (non-hydrogen) atoms. The number of aromatic carboxylic acids is 1. The number of carboxylic acid groups (broad SMARTS) is 1. The van der Waals surface area contributed by atoms with Gasteiger partial charge >= 0.3 is 5.97 Å². The predicted molar refractivity (Wildman–Crippen MR) is 85.2 cm³/mol. The van der Waals surface area contributed by atoms with E-state index in [1.807, 2.05) is 18.0 Å². The van der Waals surface area contributed by atoms with Gasteiger partial charge in [-0.1, -0.05) is 13.8 Å². The molecule has 0 saturated heterocycles. The molecule has 0 aromatic carbocycles. The Balaban J connectivity index is 2.38. The standard InChI is InChI=1S/C17H26N2O2/c1-11(2)9-12(3)19(4)16-14(17(20)21)10-13-7-5-6-8-15(13)18-16/h10-12H,5-9H2,1-4H3,(H,20,21). The molecule has 1 aromatic heterocycles. The Bertz CT molecular complexity index is 526. The second kappa shape index (κ2) is 6.46. The first kappa shape index (κ1) is 15.8. The summed E-state index contributed by atoms with van der Waals surface area (Å²) in [7, 11) is 1.96. The van der Waals surface area contributed by atoms with Gasteiger partial charge in [-0.2, -0.15) is 0 Å². The fraction of sp³-hybridized carbons (Fsp3) is 0.647. The van der Waals surface area contributed by atoms with E-state index in [9.17, 15) is 9.90 Å². The van der Waals surface area contributed by atoms with Gasteiger partial charge in [-0.3, -0.25) is 0 Å². The van der Waals surface area contributed by atoms with Crippen LogP contribution in [0.25, 0.3) is 0 Å². The van der Waals surface area contributed by atoms with Gasteiger partial charge in [0.1, 0.15) is 11.4 Å². The molecule has 1 aliphatic rings. The van der Waals surface area contributed by atoms with Crippen molar-refractivity contribution >= 4 is 11.8 Å². The molecule has 0 spiro atoms. The number of hydrogen-bond acceptors (Lipinski definition) is 3. The average Bonchev–Trinajstić information content (AvgIpc) is 2.44. The summed E-state index contributed by atoms with van der Waals surface area (Å²) < 4.78 is 0. The van der Waals surface area contributed by atoms with Crippen molar-refractivity contribution in [2.75, 3.05) is 11.9 Å². The molecule has 0 aliphatic heterocycles. The second-order valence-corrected chi connectivity index (χ2v) is 6.57. The summed E-state index contributed by atoms with van der Waals surface area (Å²) >= 11 is 0. The number of hydrogen-bond donors (Lipinski definition) is 1. The van der Waals surface area contributed by atoms with Gasteiger partial charge in [0, 0.05) is 18.8 Å². The third-order valence-corrected chi connectivity index (χ3v) is 4.32. The second-order valence-electron chi connectivity index (χ2n) is 6.57. The Hall–Kier alpha value is -1.58. The molecule has 0 amide bonds. The van der Waals surface area contributed by atoms with E-state index in [-0.39, 0.29) is 6.04 Å². The van der Waals surface area contributed by atoms with Gasteiger partial charge in [0.05, 0.1) is 0 Å². The third kappa shape index (κ3) is 3.55. The number of carbonyl (C=O) groups is 1. The first-order valence-electron chi connectivity index (χ1n) is 7.89. The van der Waals surface area contributed by atoms with Crippen molar-refractivity contribution in [3.05, 3.63) is 22.9 Å². The highest BCUT2D eigenvalue weighted by Gasteiger charge is 2.23. The summed E-state index contributed by atoms with van der Waals surface area (Å²) in [5, 5.41) is 9.51. The summed E-state index contributed by atoms with van der Waals surface area (Å²) in [5.74, 6) is 0.319. The average molecular weight is 290 g/mol. The summed E-state index contributed by atoms with van der Waals surface area (Å²) in [6.07, 6.45) is 5.22. The molecule has 0 fully saturated rings. The molecule has 2 rings (SSSR count). The van der Waals surface area contributed by atoms with Crippen molar-refractivity contribution in [2.24, 2.45) is 5.92 Å². The number of carboxylic acids is 1. The molecular weight excluding hydrogens is 264 g/mol. The molecule has 4 nitrogen and oxygen atoms in total. The molecule has 0 saturated carbocycles. The zero-order chi connectivity index (χ0) is 15.6. The fourth-order valence-electron chi connectivity index (χ4n) is 3.10. The van der Waals surface area contributed by atoms with E-state index in [1.165, 1.54) is 0 Å². The molecule has 1 aromatic rings. The molecule has 1 atom stereocenters. The van der Waals surface area contributed by atoms with Crippen molar-refractivity contribution in [1.29, 1.82) is 0 Å². The SMILES string of the molecule is CC(C)CC(C)N(C)c1nc2c(cc1C(=O)O)CCCC2. The molecule has 1 heterocycles. The minimum atomic E-state index is -0.880. The van der Waals surface area contributed by atoms with Crippen LogP contribution in [0, 0.1) is 5.92 Å². The summed E-state index contributed by atoms with van der Waals surface area (Å²) in [4.78, 5) is 18.3. The van der Waals surface area contributed by atoms with E-state index >= 15 is 0 Å². The van der Waals surface area contributed by atoms with Crippen molar-refractivity contribution in [1.82, 2.24) is 4.98 Å². The number of aromatic nitrogens is 1. The van der Waals surface area contributed by atoms with Crippen molar-refractivity contribution < 1.29 is 9.90 Å². The highest BCUT2D eigenvalue weighted by atomic mass is 16.4. The fourth-order valence-corrected chi connectivity index (χ4v) is 3.10. The molecule has 0 bridgehead atoms. The van der Waals surface area contributed by atoms with Gasteiger partial charge in [0.15, 0.2) is 0 Å². The predicted octanol–water partition coefficient (Wildman–Crippen LogP) is 3.53. The van der Waals surface area contributed by atoms with Gasteiger partial charge in [-0.15, -0.1) is 0 Å². The number of aryl methyl sites for hydroxylation is 2. The molecule has 1 aliphatic carbocycles. The lowest BCUT2D eigenvalue weighted by molar-refractivity contribution is 0.0697. The van der Waals surface area contributed by atoms with Crippen LogP contribution in [-0.4, -0.2) is 29.1 Å². The molecule has 116 valence electrons. The quantitative estimate of drug-likeness (QED) is 0.901. The Morgan fingerprint density at radius 1 is 1.33 bits per heavy atom. The molecular formula is C17H26N2O2. The van der Waals surface area contributed by atoms with E-state index in [2.05, 4.69) is 20.8 Å². The molecule has 4 heteroatoms. The van der Waals surface area contributed by atoms with Crippen LogP contribution in [0.15, 0.2) is 6.07 Å². The maximum Gasteiger partial charge on any atom is 0.339 e. The largest absolute Gasteiger partial charge is 0.478 e. The van der Waals surface area contributed by atoms with E-state index in [0.717, 1.165) is 43.4 Å². The van der Waals surface area contributed by atoms with Crippen LogP contribution < -0.4 is 4.90 Å². The van der Waals surface area contributed by atoms with Gasteiger partial charge in [-0.25, -0.2) is 9.78 Å². The van der Waals surface area contributed by atoms with Crippen LogP contribution in [-0.2, 0) is 12.8 Å². The van der Waals surface area contributed by atoms with E-state index in [0.29, 0.717) is 17.3 Å². The van der Waals surface area contributed by atoms with Crippen LogP contribution in [0.3, 0.4) is 0 Å². The maximum atomic E-state index is 11.6. The van der Waals surface area contributed by atoms with Crippen molar-refractivity contribution in [3.63, 3.8) is 0 Å². The molecule has 1 N–H and O–H groups in total. The Kier molecular flexibility index (Phi) is 4.86. The lowest BCUT2D eigenvalue weighted by Crippen LogP contribution is -2.32. The third-order valence-electron chi connectivity index (χ3n) is 4.32. The Labute approximate surface area is 127 Å². The van der Waals surface area contributed by atoms with Crippen LogP contribution in [0.4, 0.5) is 5.82 Å². The van der Waals surface area contributed by atoms with Crippen LogP contribution >= 0.6 is 0 Å². The Morgan fingerprint density at radius 2 is 2.00 bits per heavy atom. The van der Waals surface area contributed by atoms with Gasteiger partial charge in [-0.05, 0) is 56.6 Å². The first-order chi connectivity index (χ1) is 9.90. The highest BCUT2D eigenvalue weighted by molar-refractivity contribution is 5.93. The number of anilines is 1. The summed E-state index contributed by atoms with van der Waals surface area (Å²) in [5.41, 5.74) is 2.55. The first-order valence-corrected chi connectivity index (χ1v) is 7.89. The van der Waals surface area contributed by atoms with E-state index < -0.39 is 5.97 Å². The smallest absolute Gasteiger partial charge is 0.339 e.